The maximum absolute atomic E-state index is 15.7. The van der Waals surface area contributed by atoms with Crippen molar-refractivity contribution >= 4 is 16.9 Å². The third kappa shape index (κ3) is 3.28. The smallest absolute Gasteiger partial charge is 0.151 e. The number of rotatable bonds is 5. The van der Waals surface area contributed by atoms with Gasteiger partial charge in [-0.2, -0.15) is 0 Å². The zero-order valence-corrected chi connectivity index (χ0v) is 19.3. The molecule has 8 heteroatoms. The van der Waals surface area contributed by atoms with E-state index >= 15 is 4.39 Å². The van der Waals surface area contributed by atoms with E-state index in [9.17, 15) is 5.11 Å². The van der Waals surface area contributed by atoms with Gasteiger partial charge in [-0.15, -0.1) is 10.2 Å². The first-order valence-electron chi connectivity index (χ1n) is 10.8. The Morgan fingerprint density at radius 3 is 2.78 bits per heavy atom. The van der Waals surface area contributed by atoms with Crippen molar-refractivity contribution in [2.45, 2.75) is 45.4 Å². The van der Waals surface area contributed by atoms with Gasteiger partial charge < -0.3 is 14.4 Å². The van der Waals surface area contributed by atoms with Crippen molar-refractivity contribution < 1.29 is 14.2 Å². The third-order valence-corrected chi connectivity index (χ3v) is 8.42. The molecule has 2 saturated carbocycles. The molecule has 2 heterocycles. The lowest BCUT2D eigenvalue weighted by Crippen LogP contribution is -2.41. The number of methoxy groups -OCH3 is 1. The Morgan fingerprint density at radius 1 is 1.28 bits per heavy atom. The highest BCUT2D eigenvalue weighted by atomic mass is 32.1. The lowest BCUT2D eigenvalue weighted by molar-refractivity contribution is -0.00640. The number of allylic oxidation sites excluding steroid dienone is 1. The number of halogens is 1. The molecule has 2 bridgehead atoms. The van der Waals surface area contributed by atoms with Gasteiger partial charge in [-0.05, 0) is 42.4 Å². The number of imidazole rings is 1. The maximum atomic E-state index is 15.7. The molecule has 2 aliphatic rings. The van der Waals surface area contributed by atoms with Gasteiger partial charge in [-0.1, -0.05) is 31.8 Å². The first-order chi connectivity index (χ1) is 15.2. The van der Waals surface area contributed by atoms with E-state index < -0.39 is 11.6 Å². The number of aromatic nitrogens is 4. The van der Waals surface area contributed by atoms with Crippen molar-refractivity contribution in [3.05, 3.63) is 48.5 Å². The van der Waals surface area contributed by atoms with Gasteiger partial charge >= 0.3 is 0 Å². The summed E-state index contributed by atoms with van der Waals surface area (Å²) in [5.74, 6) is -0.219. The summed E-state index contributed by atoms with van der Waals surface area (Å²) in [7, 11) is 1.72. The van der Waals surface area contributed by atoms with Crippen LogP contribution in [0.3, 0.4) is 0 Å². The van der Waals surface area contributed by atoms with Crippen LogP contribution in [0.4, 0.5) is 4.39 Å². The molecule has 2 aliphatic carbocycles. The van der Waals surface area contributed by atoms with Gasteiger partial charge in [0.15, 0.2) is 5.01 Å². The van der Waals surface area contributed by atoms with Crippen molar-refractivity contribution in [2.24, 2.45) is 16.7 Å². The van der Waals surface area contributed by atoms with Gasteiger partial charge in [0.1, 0.15) is 16.9 Å². The van der Waals surface area contributed by atoms with Crippen LogP contribution in [0.5, 0.6) is 5.75 Å². The monoisotopic (exact) mass is 454 g/mol. The van der Waals surface area contributed by atoms with Crippen LogP contribution in [-0.4, -0.2) is 44.2 Å². The molecule has 0 spiro atoms. The summed E-state index contributed by atoms with van der Waals surface area (Å²) in [6, 6.07) is 5.35. The molecule has 1 aromatic carbocycles. The van der Waals surface area contributed by atoms with E-state index in [1.165, 1.54) is 11.3 Å². The minimum atomic E-state index is -1.00. The van der Waals surface area contributed by atoms with E-state index in [1.807, 2.05) is 23.6 Å². The summed E-state index contributed by atoms with van der Waals surface area (Å²) in [6.07, 6.45) is 6.44. The minimum absolute atomic E-state index is 0.0551. The van der Waals surface area contributed by atoms with Crippen LogP contribution in [0.2, 0.25) is 0 Å². The Kier molecular flexibility index (Phi) is 4.98. The molecule has 5 atom stereocenters. The van der Waals surface area contributed by atoms with Gasteiger partial charge in [0, 0.05) is 36.9 Å². The average molecular weight is 455 g/mol. The number of fused-ring (bicyclic) bond motifs is 2. The molecule has 0 radical (unpaired) electrons. The summed E-state index contributed by atoms with van der Waals surface area (Å²) in [4.78, 5) is 4.03. The second-order valence-electron chi connectivity index (χ2n) is 9.73. The van der Waals surface area contributed by atoms with Gasteiger partial charge in [0.25, 0.3) is 0 Å². The van der Waals surface area contributed by atoms with Crippen LogP contribution in [0, 0.1) is 16.7 Å². The molecule has 5 rings (SSSR count). The van der Waals surface area contributed by atoms with Crippen molar-refractivity contribution in [3.8, 4) is 22.0 Å². The molecule has 6 nitrogen and oxygen atoms in total. The fourth-order valence-electron chi connectivity index (χ4n) is 5.85. The highest BCUT2D eigenvalue weighted by Gasteiger charge is 2.61. The molecule has 2 aromatic heterocycles. The fraction of sp³-hybridized carbons (Fsp3) is 0.458. The van der Waals surface area contributed by atoms with E-state index in [0.717, 1.165) is 18.5 Å². The van der Waals surface area contributed by atoms with E-state index in [4.69, 9.17) is 4.74 Å². The number of hydrogen-bond donors (Lipinski definition) is 1. The molecule has 0 amide bonds. The number of phenolic OH excluding ortho intramolecular Hbond substituents is 1. The molecule has 168 valence electrons. The summed E-state index contributed by atoms with van der Waals surface area (Å²) in [5.41, 5.74) is 1.57. The Bertz CT molecular complexity index is 1160. The lowest BCUT2D eigenvalue weighted by Gasteiger charge is -2.44. The van der Waals surface area contributed by atoms with Crippen molar-refractivity contribution in [3.63, 3.8) is 0 Å². The van der Waals surface area contributed by atoms with Crippen LogP contribution in [0.15, 0.2) is 43.5 Å². The molecule has 3 aromatic rings. The van der Waals surface area contributed by atoms with Gasteiger partial charge in [-0.25, -0.2) is 9.37 Å². The number of phenols is 1. The molecular weight excluding hydrogens is 427 g/mol. The first-order valence-corrected chi connectivity index (χ1v) is 11.6. The number of alkyl halides is 1. The normalized spacial score (nSPS) is 31.7. The fourth-order valence-corrected chi connectivity index (χ4v) is 6.76. The van der Waals surface area contributed by atoms with E-state index in [2.05, 4.69) is 28.7 Å². The van der Waals surface area contributed by atoms with Gasteiger partial charge in [0.05, 0.1) is 23.7 Å². The zero-order chi connectivity index (χ0) is 22.7. The topological polar surface area (TPSA) is 73.1 Å². The van der Waals surface area contributed by atoms with Crippen LogP contribution in [-0.2, 0) is 4.74 Å². The zero-order valence-electron chi connectivity index (χ0n) is 18.5. The molecule has 1 N–H and O–H groups in total. The predicted molar refractivity (Wildman–Crippen MR) is 122 cm³/mol. The summed E-state index contributed by atoms with van der Waals surface area (Å²) < 4.78 is 23.2. The summed E-state index contributed by atoms with van der Waals surface area (Å²) >= 11 is 1.34. The lowest BCUT2D eigenvalue weighted by atomic mass is 9.63. The molecule has 0 unspecified atom stereocenters. The number of aromatic hydroxyl groups is 1. The van der Waals surface area contributed by atoms with E-state index in [0.29, 0.717) is 27.6 Å². The predicted octanol–water partition coefficient (Wildman–Crippen LogP) is 5.29. The van der Waals surface area contributed by atoms with Crippen LogP contribution >= 0.6 is 11.3 Å². The summed E-state index contributed by atoms with van der Waals surface area (Å²) in [5, 5.41) is 20.4. The Morgan fingerprint density at radius 2 is 2.09 bits per heavy atom. The minimum Gasteiger partial charge on any atom is -0.507 e. The highest BCUT2D eigenvalue weighted by molar-refractivity contribution is 7.15. The van der Waals surface area contributed by atoms with Crippen LogP contribution < -0.4 is 0 Å². The Labute approximate surface area is 190 Å². The SMILES string of the molecule is C=C(c1nnc(-c2ccc(-n3ccnc3)cc2O)s1)[C@@H]1C[C@]2(C)C[C@@](C)(C[C@@H]2OC)[C@H]1F. The van der Waals surface area contributed by atoms with Crippen molar-refractivity contribution in [1.29, 1.82) is 0 Å². The van der Waals surface area contributed by atoms with Crippen molar-refractivity contribution in [1.82, 2.24) is 19.7 Å². The quantitative estimate of drug-likeness (QED) is 0.567. The molecule has 2 fully saturated rings. The number of nitrogens with zero attached hydrogens (tertiary/aromatic N) is 4. The standard InChI is InChI=1S/C24H27FN4O2S/c1-14(17-10-23(2)12-24(3,20(17)25)11-19(23)31-4)21-27-28-22(32-21)16-6-5-15(9-18(16)30)29-8-7-26-13-29/h5-9,13,17,19-20,30H,1,10-12H2,2-4H3/t17-,19-,20-,23+,24+/m0/s1. The van der Waals surface area contributed by atoms with E-state index in [-0.39, 0.29) is 23.2 Å². The van der Waals surface area contributed by atoms with Crippen LogP contribution in [0.25, 0.3) is 21.8 Å². The largest absolute Gasteiger partial charge is 0.507 e. The third-order valence-electron chi connectivity index (χ3n) is 7.39. The molecule has 0 aliphatic heterocycles. The first kappa shape index (κ1) is 21.3. The number of benzene rings is 1. The Balaban J connectivity index is 1.41. The summed E-state index contributed by atoms with van der Waals surface area (Å²) in [6.45, 7) is 8.47. The maximum Gasteiger partial charge on any atom is 0.151 e. The Hall–Kier alpha value is -2.58. The highest BCUT2D eigenvalue weighted by Crippen LogP contribution is 2.63. The van der Waals surface area contributed by atoms with E-state index in [1.54, 1.807) is 31.9 Å². The second-order valence-corrected chi connectivity index (χ2v) is 10.7. The molecular formula is C24H27FN4O2S. The number of hydrogen-bond acceptors (Lipinski definition) is 6. The van der Waals surface area contributed by atoms with Gasteiger partial charge in [-0.3, -0.25) is 0 Å². The van der Waals surface area contributed by atoms with Crippen molar-refractivity contribution in [2.75, 3.05) is 7.11 Å². The molecule has 0 saturated heterocycles. The molecule has 32 heavy (non-hydrogen) atoms. The average Bonchev–Trinajstić information content (AvgIpc) is 3.50. The van der Waals surface area contributed by atoms with Crippen LogP contribution in [0.1, 0.15) is 38.1 Å². The number of ether oxygens (including phenoxy) is 1. The van der Waals surface area contributed by atoms with Gasteiger partial charge in [0.2, 0.25) is 0 Å². The second kappa shape index (κ2) is 7.49.